The third kappa shape index (κ3) is 3.32. The maximum atomic E-state index is 6.03. The van der Waals surface area contributed by atoms with E-state index in [1.165, 1.54) is 0 Å². The van der Waals surface area contributed by atoms with Gasteiger partial charge in [-0.15, -0.1) is 0 Å². The molecule has 0 aliphatic heterocycles. The summed E-state index contributed by atoms with van der Waals surface area (Å²) in [6.07, 6.45) is 0.830. The van der Waals surface area contributed by atoms with Crippen molar-refractivity contribution in [3.63, 3.8) is 0 Å². The van der Waals surface area contributed by atoms with E-state index in [1.807, 2.05) is 24.3 Å². The summed E-state index contributed by atoms with van der Waals surface area (Å²) < 4.78 is 10.4. The molecule has 0 radical (unpaired) electrons. The summed E-state index contributed by atoms with van der Waals surface area (Å²) in [6, 6.07) is 7.30. The van der Waals surface area contributed by atoms with Gasteiger partial charge in [0.1, 0.15) is 5.75 Å². The van der Waals surface area contributed by atoms with Crippen LogP contribution in [0.4, 0.5) is 0 Å². The lowest BCUT2D eigenvalue weighted by Crippen LogP contribution is -2.14. The van der Waals surface area contributed by atoms with Crippen LogP contribution in [0.2, 0.25) is 0 Å². The lowest BCUT2D eigenvalue weighted by Gasteiger charge is -2.08. The first-order valence-corrected chi connectivity index (χ1v) is 6.33. The highest BCUT2D eigenvalue weighted by Gasteiger charge is 2.16. The summed E-state index contributed by atoms with van der Waals surface area (Å²) in [7, 11) is 1.62. The lowest BCUT2D eigenvalue weighted by molar-refractivity contribution is 0.403. The van der Waals surface area contributed by atoms with Gasteiger partial charge in [-0.05, 0) is 30.5 Å². The van der Waals surface area contributed by atoms with E-state index < -0.39 is 0 Å². The molecule has 0 amide bonds. The Labute approximate surface area is 112 Å². The highest BCUT2D eigenvalue weighted by atomic mass is 16.5. The minimum absolute atomic E-state index is 0.192. The number of hydrogen-bond donors (Lipinski definition) is 1. The molecule has 2 aromatic rings. The van der Waals surface area contributed by atoms with Gasteiger partial charge in [0.15, 0.2) is 5.82 Å². The predicted octanol–water partition coefficient (Wildman–Crippen LogP) is 2.79. The molecule has 5 heteroatoms. The van der Waals surface area contributed by atoms with E-state index in [9.17, 15) is 0 Å². The van der Waals surface area contributed by atoms with E-state index in [4.69, 9.17) is 15.0 Å². The van der Waals surface area contributed by atoms with Crippen LogP contribution in [0, 0.1) is 5.92 Å². The fraction of sp³-hybridized carbons (Fsp3) is 0.429. The number of aromatic nitrogens is 2. The Balaban J connectivity index is 2.20. The molecular weight excluding hydrogens is 242 g/mol. The molecule has 0 spiro atoms. The van der Waals surface area contributed by atoms with Crippen LogP contribution in [-0.2, 0) is 0 Å². The average Bonchev–Trinajstić information content (AvgIpc) is 2.88. The number of nitrogens with two attached hydrogens (primary N) is 1. The average molecular weight is 261 g/mol. The minimum atomic E-state index is -0.192. The van der Waals surface area contributed by atoms with Crippen LogP contribution >= 0.6 is 0 Å². The molecule has 1 atom stereocenters. The van der Waals surface area contributed by atoms with Gasteiger partial charge in [-0.3, -0.25) is 0 Å². The molecule has 102 valence electrons. The Kier molecular flexibility index (Phi) is 4.16. The van der Waals surface area contributed by atoms with E-state index in [1.54, 1.807) is 7.11 Å². The summed E-state index contributed by atoms with van der Waals surface area (Å²) in [5.41, 5.74) is 6.86. The summed E-state index contributed by atoms with van der Waals surface area (Å²) >= 11 is 0. The fourth-order valence-electron chi connectivity index (χ4n) is 1.87. The Hall–Kier alpha value is -1.88. The molecule has 0 aliphatic carbocycles. The number of nitrogens with zero attached hydrogens (tertiary/aromatic N) is 2. The summed E-state index contributed by atoms with van der Waals surface area (Å²) in [5.74, 6) is 2.26. The first kappa shape index (κ1) is 13.5. The van der Waals surface area contributed by atoms with Gasteiger partial charge >= 0.3 is 0 Å². The molecule has 1 unspecified atom stereocenters. The monoisotopic (exact) mass is 261 g/mol. The second kappa shape index (κ2) is 5.84. The number of methoxy groups -OCH3 is 1. The van der Waals surface area contributed by atoms with Gasteiger partial charge in [-0.1, -0.05) is 25.1 Å². The zero-order valence-electron chi connectivity index (χ0n) is 11.5. The van der Waals surface area contributed by atoms with Crippen molar-refractivity contribution in [2.24, 2.45) is 11.7 Å². The van der Waals surface area contributed by atoms with Crippen molar-refractivity contribution >= 4 is 0 Å². The van der Waals surface area contributed by atoms with Crippen molar-refractivity contribution in [2.75, 3.05) is 7.11 Å². The van der Waals surface area contributed by atoms with Crippen molar-refractivity contribution in [1.29, 1.82) is 0 Å². The van der Waals surface area contributed by atoms with E-state index in [2.05, 4.69) is 24.0 Å². The minimum Gasteiger partial charge on any atom is -0.497 e. The second-order valence-electron chi connectivity index (χ2n) is 4.93. The predicted molar refractivity (Wildman–Crippen MR) is 72.7 cm³/mol. The molecule has 0 aliphatic rings. The Morgan fingerprint density at radius 2 is 2.16 bits per heavy atom. The largest absolute Gasteiger partial charge is 0.497 e. The second-order valence-corrected chi connectivity index (χ2v) is 4.93. The lowest BCUT2D eigenvalue weighted by atomic mass is 10.0. The highest BCUT2D eigenvalue weighted by molar-refractivity contribution is 5.55. The van der Waals surface area contributed by atoms with Crippen molar-refractivity contribution in [3.8, 4) is 17.2 Å². The van der Waals surface area contributed by atoms with Gasteiger partial charge in [0.25, 0.3) is 5.89 Å². The highest BCUT2D eigenvalue weighted by Crippen LogP contribution is 2.24. The normalized spacial score (nSPS) is 12.7. The maximum Gasteiger partial charge on any atom is 0.258 e. The number of rotatable bonds is 5. The van der Waals surface area contributed by atoms with E-state index in [-0.39, 0.29) is 6.04 Å². The zero-order valence-corrected chi connectivity index (χ0v) is 11.5. The molecule has 19 heavy (non-hydrogen) atoms. The Morgan fingerprint density at radius 1 is 1.37 bits per heavy atom. The van der Waals surface area contributed by atoms with Crippen molar-refractivity contribution in [1.82, 2.24) is 10.1 Å². The number of benzene rings is 1. The summed E-state index contributed by atoms with van der Waals surface area (Å²) in [4.78, 5) is 4.35. The zero-order chi connectivity index (χ0) is 13.8. The molecule has 5 nitrogen and oxygen atoms in total. The summed E-state index contributed by atoms with van der Waals surface area (Å²) in [5, 5.41) is 3.95. The molecule has 0 saturated heterocycles. The topological polar surface area (TPSA) is 74.2 Å². The summed E-state index contributed by atoms with van der Waals surface area (Å²) in [6.45, 7) is 4.23. The molecule has 1 heterocycles. The van der Waals surface area contributed by atoms with Gasteiger partial charge in [-0.25, -0.2) is 0 Å². The van der Waals surface area contributed by atoms with Crippen molar-refractivity contribution in [2.45, 2.75) is 26.3 Å². The molecule has 0 saturated carbocycles. The fourth-order valence-corrected chi connectivity index (χ4v) is 1.87. The van der Waals surface area contributed by atoms with E-state index >= 15 is 0 Å². The molecule has 2 N–H and O–H groups in total. The van der Waals surface area contributed by atoms with Gasteiger partial charge in [-0.2, -0.15) is 4.98 Å². The smallest absolute Gasteiger partial charge is 0.258 e. The molecule has 0 bridgehead atoms. The van der Waals surface area contributed by atoms with Crippen LogP contribution < -0.4 is 10.5 Å². The van der Waals surface area contributed by atoms with Crippen LogP contribution in [0.5, 0.6) is 5.75 Å². The first-order chi connectivity index (χ1) is 9.10. The standard InChI is InChI=1S/C14H19N3O2/c1-9(2)7-12(15)13-16-14(19-17-13)10-5-4-6-11(8-10)18-3/h4-6,8-9,12H,7,15H2,1-3H3. The van der Waals surface area contributed by atoms with Gasteiger partial charge in [0.2, 0.25) is 0 Å². The maximum absolute atomic E-state index is 6.03. The van der Waals surface area contributed by atoms with Crippen LogP contribution in [0.3, 0.4) is 0 Å². The van der Waals surface area contributed by atoms with Crippen LogP contribution in [0.1, 0.15) is 32.1 Å². The van der Waals surface area contributed by atoms with Crippen LogP contribution in [0.15, 0.2) is 28.8 Å². The van der Waals surface area contributed by atoms with E-state index in [0.717, 1.165) is 17.7 Å². The molecular formula is C14H19N3O2. The molecule has 1 aromatic carbocycles. The van der Waals surface area contributed by atoms with Crippen LogP contribution in [-0.4, -0.2) is 17.3 Å². The Morgan fingerprint density at radius 3 is 2.84 bits per heavy atom. The molecule has 1 aromatic heterocycles. The molecule has 0 fully saturated rings. The van der Waals surface area contributed by atoms with Gasteiger partial charge < -0.3 is 15.0 Å². The number of hydrogen-bond acceptors (Lipinski definition) is 5. The van der Waals surface area contributed by atoms with Gasteiger partial charge in [0, 0.05) is 5.56 Å². The quantitative estimate of drug-likeness (QED) is 0.895. The van der Waals surface area contributed by atoms with Crippen molar-refractivity contribution in [3.05, 3.63) is 30.1 Å². The SMILES string of the molecule is COc1cccc(-c2nc(C(N)CC(C)C)no2)c1. The van der Waals surface area contributed by atoms with Gasteiger partial charge in [0.05, 0.1) is 13.2 Å². The first-order valence-electron chi connectivity index (χ1n) is 6.33. The third-order valence-corrected chi connectivity index (χ3v) is 2.82. The third-order valence-electron chi connectivity index (χ3n) is 2.82. The van der Waals surface area contributed by atoms with E-state index in [0.29, 0.717) is 17.6 Å². The van der Waals surface area contributed by atoms with Crippen molar-refractivity contribution < 1.29 is 9.26 Å². The van der Waals surface area contributed by atoms with Crippen LogP contribution in [0.25, 0.3) is 11.5 Å². The molecule has 2 rings (SSSR count). The number of ether oxygens (including phenoxy) is 1. The Bertz CT molecular complexity index is 537.